The number of pyridine rings is 1. The van der Waals surface area contributed by atoms with Crippen LogP contribution in [0.1, 0.15) is 19.5 Å². The summed E-state index contributed by atoms with van der Waals surface area (Å²) in [6.45, 7) is 9.83. The van der Waals surface area contributed by atoms with Gasteiger partial charge in [-0.1, -0.05) is 6.07 Å². The molecule has 122 valence electrons. The van der Waals surface area contributed by atoms with Crippen LogP contribution in [-0.4, -0.2) is 42.1 Å². The molecule has 0 aliphatic carbocycles. The summed E-state index contributed by atoms with van der Waals surface area (Å²) in [5.74, 6) is 0. The van der Waals surface area contributed by atoms with Crippen molar-refractivity contribution in [2.24, 2.45) is 0 Å². The summed E-state index contributed by atoms with van der Waals surface area (Å²) in [5, 5.41) is 3.42. The molecule has 1 fully saturated rings. The molecule has 1 N–H and O–H groups in total. The molecule has 2 heterocycles. The van der Waals surface area contributed by atoms with Crippen molar-refractivity contribution in [2.45, 2.75) is 26.4 Å². The fourth-order valence-electron chi connectivity index (χ4n) is 2.98. The molecule has 0 saturated carbocycles. The van der Waals surface area contributed by atoms with Gasteiger partial charge in [-0.3, -0.25) is 9.88 Å². The van der Waals surface area contributed by atoms with Crippen molar-refractivity contribution in [3.63, 3.8) is 0 Å². The van der Waals surface area contributed by atoms with E-state index in [1.54, 1.807) is 0 Å². The standard InChI is InChI=1S/C19H26N4/c1-16(2)22-11-13-23(14-12-22)19-8-6-17(7-9-19)21-15-18-5-3-4-10-20-18/h3-10,16,21H,11-15H2,1-2H3. The molecular weight excluding hydrogens is 284 g/mol. The third-order valence-electron chi connectivity index (χ3n) is 4.48. The smallest absolute Gasteiger partial charge is 0.0594 e. The van der Waals surface area contributed by atoms with Crippen molar-refractivity contribution >= 4 is 11.4 Å². The van der Waals surface area contributed by atoms with Gasteiger partial charge in [0.15, 0.2) is 0 Å². The average Bonchev–Trinajstić information content (AvgIpc) is 2.61. The average molecular weight is 310 g/mol. The fraction of sp³-hybridized carbons (Fsp3) is 0.421. The highest BCUT2D eigenvalue weighted by Gasteiger charge is 2.18. The predicted octanol–water partition coefficient (Wildman–Crippen LogP) is 3.22. The number of hydrogen-bond acceptors (Lipinski definition) is 4. The van der Waals surface area contributed by atoms with Gasteiger partial charge in [0, 0.05) is 49.8 Å². The molecule has 1 aliphatic rings. The molecule has 2 aromatic rings. The van der Waals surface area contributed by atoms with Crippen LogP contribution in [-0.2, 0) is 6.54 Å². The van der Waals surface area contributed by atoms with Crippen molar-refractivity contribution < 1.29 is 0 Å². The van der Waals surface area contributed by atoms with Crippen LogP contribution in [0.15, 0.2) is 48.7 Å². The van der Waals surface area contributed by atoms with Gasteiger partial charge in [-0.2, -0.15) is 0 Å². The molecule has 1 aromatic carbocycles. The zero-order chi connectivity index (χ0) is 16.1. The highest BCUT2D eigenvalue weighted by Crippen LogP contribution is 2.20. The van der Waals surface area contributed by atoms with Crippen LogP contribution in [0.3, 0.4) is 0 Å². The van der Waals surface area contributed by atoms with Crippen molar-refractivity contribution in [1.82, 2.24) is 9.88 Å². The third kappa shape index (κ3) is 4.23. The van der Waals surface area contributed by atoms with Crippen LogP contribution < -0.4 is 10.2 Å². The Morgan fingerprint density at radius 3 is 2.35 bits per heavy atom. The highest BCUT2D eigenvalue weighted by molar-refractivity contribution is 5.55. The first-order valence-electron chi connectivity index (χ1n) is 8.45. The second kappa shape index (κ2) is 7.47. The molecule has 0 atom stereocenters. The fourth-order valence-corrected chi connectivity index (χ4v) is 2.98. The van der Waals surface area contributed by atoms with Crippen LogP contribution >= 0.6 is 0 Å². The van der Waals surface area contributed by atoms with E-state index in [9.17, 15) is 0 Å². The van der Waals surface area contributed by atoms with Gasteiger partial charge in [0.1, 0.15) is 0 Å². The van der Waals surface area contributed by atoms with Crippen molar-refractivity contribution in [3.8, 4) is 0 Å². The quantitative estimate of drug-likeness (QED) is 0.919. The minimum absolute atomic E-state index is 0.648. The van der Waals surface area contributed by atoms with Gasteiger partial charge in [-0.25, -0.2) is 0 Å². The van der Waals surface area contributed by atoms with E-state index in [1.165, 1.54) is 5.69 Å². The highest BCUT2D eigenvalue weighted by atomic mass is 15.3. The Bertz CT molecular complexity index is 587. The van der Waals surface area contributed by atoms with E-state index < -0.39 is 0 Å². The van der Waals surface area contributed by atoms with Crippen LogP contribution in [0, 0.1) is 0 Å². The SMILES string of the molecule is CC(C)N1CCN(c2ccc(NCc3ccccn3)cc2)CC1. The summed E-state index contributed by atoms with van der Waals surface area (Å²) in [7, 11) is 0. The predicted molar refractivity (Wildman–Crippen MR) is 96.9 cm³/mol. The monoisotopic (exact) mass is 310 g/mol. The molecule has 1 saturated heterocycles. The maximum Gasteiger partial charge on any atom is 0.0594 e. The lowest BCUT2D eigenvalue weighted by atomic mass is 10.2. The Kier molecular flexibility index (Phi) is 5.13. The first kappa shape index (κ1) is 15.8. The number of nitrogens with one attached hydrogen (secondary N) is 1. The van der Waals surface area contributed by atoms with Crippen LogP contribution in [0.2, 0.25) is 0 Å². The van der Waals surface area contributed by atoms with Crippen LogP contribution in [0.5, 0.6) is 0 Å². The molecule has 0 bridgehead atoms. The number of nitrogens with zero attached hydrogens (tertiary/aromatic N) is 3. The van der Waals surface area contributed by atoms with Gasteiger partial charge < -0.3 is 10.2 Å². The molecule has 1 aromatic heterocycles. The molecule has 0 unspecified atom stereocenters. The molecule has 0 spiro atoms. The van der Waals surface area contributed by atoms with E-state index in [2.05, 4.69) is 58.2 Å². The Morgan fingerprint density at radius 2 is 1.74 bits per heavy atom. The summed E-state index contributed by atoms with van der Waals surface area (Å²) < 4.78 is 0. The maximum atomic E-state index is 4.33. The van der Waals surface area contributed by atoms with Crippen molar-refractivity contribution in [3.05, 3.63) is 54.4 Å². The van der Waals surface area contributed by atoms with Gasteiger partial charge in [0.05, 0.1) is 12.2 Å². The van der Waals surface area contributed by atoms with Gasteiger partial charge in [-0.15, -0.1) is 0 Å². The lowest BCUT2D eigenvalue weighted by Crippen LogP contribution is -2.48. The lowest BCUT2D eigenvalue weighted by molar-refractivity contribution is 0.209. The zero-order valence-electron chi connectivity index (χ0n) is 14.1. The molecule has 0 amide bonds. The van der Waals surface area contributed by atoms with Crippen molar-refractivity contribution in [1.29, 1.82) is 0 Å². The minimum atomic E-state index is 0.648. The van der Waals surface area contributed by atoms with E-state index in [1.807, 2.05) is 24.4 Å². The first-order valence-corrected chi connectivity index (χ1v) is 8.45. The number of piperazine rings is 1. The molecule has 1 aliphatic heterocycles. The van der Waals surface area contributed by atoms with E-state index in [4.69, 9.17) is 0 Å². The molecule has 23 heavy (non-hydrogen) atoms. The van der Waals surface area contributed by atoms with E-state index in [0.717, 1.165) is 44.1 Å². The molecule has 0 radical (unpaired) electrons. The van der Waals surface area contributed by atoms with E-state index in [0.29, 0.717) is 6.04 Å². The third-order valence-corrected chi connectivity index (χ3v) is 4.48. The largest absolute Gasteiger partial charge is 0.379 e. The number of anilines is 2. The minimum Gasteiger partial charge on any atom is -0.379 e. The summed E-state index contributed by atoms with van der Waals surface area (Å²) >= 11 is 0. The molecular formula is C19H26N4. The Labute approximate surface area is 139 Å². The van der Waals surface area contributed by atoms with Gasteiger partial charge >= 0.3 is 0 Å². The van der Waals surface area contributed by atoms with Gasteiger partial charge in [0.25, 0.3) is 0 Å². The second-order valence-corrected chi connectivity index (χ2v) is 6.34. The van der Waals surface area contributed by atoms with E-state index in [-0.39, 0.29) is 0 Å². The summed E-state index contributed by atoms with van der Waals surface area (Å²) in [4.78, 5) is 9.35. The number of aromatic nitrogens is 1. The van der Waals surface area contributed by atoms with Gasteiger partial charge in [-0.05, 0) is 50.2 Å². The number of rotatable bonds is 5. The number of hydrogen-bond donors (Lipinski definition) is 1. The molecule has 4 heteroatoms. The zero-order valence-corrected chi connectivity index (χ0v) is 14.1. The normalized spacial score (nSPS) is 15.9. The lowest BCUT2D eigenvalue weighted by Gasteiger charge is -2.38. The summed E-state index contributed by atoms with van der Waals surface area (Å²) in [5.41, 5.74) is 3.51. The number of benzene rings is 1. The summed E-state index contributed by atoms with van der Waals surface area (Å²) in [6, 6.07) is 15.4. The molecule has 4 nitrogen and oxygen atoms in total. The van der Waals surface area contributed by atoms with E-state index >= 15 is 0 Å². The van der Waals surface area contributed by atoms with Gasteiger partial charge in [0.2, 0.25) is 0 Å². The topological polar surface area (TPSA) is 31.4 Å². The second-order valence-electron chi connectivity index (χ2n) is 6.34. The molecule has 3 rings (SSSR count). The maximum absolute atomic E-state index is 4.33. The Morgan fingerprint density at radius 1 is 1.00 bits per heavy atom. The van der Waals surface area contributed by atoms with Crippen molar-refractivity contribution in [2.75, 3.05) is 36.4 Å². The Hall–Kier alpha value is -2.07. The van der Waals surface area contributed by atoms with Crippen LogP contribution in [0.25, 0.3) is 0 Å². The first-order chi connectivity index (χ1) is 11.2. The van der Waals surface area contributed by atoms with Crippen LogP contribution in [0.4, 0.5) is 11.4 Å². The summed E-state index contributed by atoms with van der Waals surface area (Å²) in [6.07, 6.45) is 1.83. The Balaban J connectivity index is 1.53.